The van der Waals surface area contributed by atoms with Crippen molar-refractivity contribution in [3.05, 3.63) is 52.0 Å². The van der Waals surface area contributed by atoms with Gasteiger partial charge < -0.3 is 10.1 Å². The fourth-order valence-corrected chi connectivity index (χ4v) is 3.28. The Morgan fingerprint density at radius 2 is 2.04 bits per heavy atom. The smallest absolute Gasteiger partial charge is 0.251 e. The number of ether oxygens (including phenoxy) is 1. The van der Waals surface area contributed by atoms with E-state index in [1.807, 2.05) is 24.3 Å². The SMILES string of the molecule is O=C(NC1CCC(Oc2cnccn2)CC1)c1cccc(I)c1. The molecule has 1 aliphatic carbocycles. The first kappa shape index (κ1) is 16.2. The minimum atomic E-state index is 0.00168. The molecule has 5 nitrogen and oxygen atoms in total. The van der Waals surface area contributed by atoms with Gasteiger partial charge in [0.1, 0.15) is 6.10 Å². The van der Waals surface area contributed by atoms with Crippen LogP contribution in [0.2, 0.25) is 0 Å². The van der Waals surface area contributed by atoms with Gasteiger partial charge in [-0.25, -0.2) is 4.98 Å². The number of hydrogen-bond donors (Lipinski definition) is 1. The third kappa shape index (κ3) is 4.63. The predicted molar refractivity (Wildman–Crippen MR) is 95.3 cm³/mol. The van der Waals surface area contributed by atoms with Crippen LogP contribution in [0.15, 0.2) is 42.9 Å². The van der Waals surface area contributed by atoms with E-state index in [9.17, 15) is 4.79 Å². The molecule has 6 heteroatoms. The molecule has 0 aliphatic heterocycles. The van der Waals surface area contributed by atoms with Crippen molar-refractivity contribution in [2.75, 3.05) is 0 Å². The van der Waals surface area contributed by atoms with Gasteiger partial charge in [-0.15, -0.1) is 0 Å². The molecule has 1 N–H and O–H groups in total. The van der Waals surface area contributed by atoms with E-state index in [1.54, 1.807) is 18.6 Å². The summed E-state index contributed by atoms with van der Waals surface area (Å²) in [6.45, 7) is 0. The fraction of sp³-hybridized carbons (Fsp3) is 0.353. The van der Waals surface area contributed by atoms with Crippen LogP contribution < -0.4 is 10.1 Å². The van der Waals surface area contributed by atoms with Gasteiger partial charge in [-0.3, -0.25) is 9.78 Å². The molecule has 0 atom stereocenters. The highest BCUT2D eigenvalue weighted by molar-refractivity contribution is 14.1. The van der Waals surface area contributed by atoms with Gasteiger partial charge >= 0.3 is 0 Å². The summed E-state index contributed by atoms with van der Waals surface area (Å²) in [6.07, 6.45) is 8.69. The Kier molecular flexibility index (Phi) is 5.43. The zero-order chi connectivity index (χ0) is 16.1. The van der Waals surface area contributed by atoms with Gasteiger partial charge in [0, 0.05) is 27.6 Å². The molecule has 0 saturated heterocycles. The Balaban J connectivity index is 1.48. The summed E-state index contributed by atoms with van der Waals surface area (Å²) in [4.78, 5) is 20.4. The largest absolute Gasteiger partial charge is 0.473 e. The molecule has 0 unspecified atom stereocenters. The highest BCUT2D eigenvalue weighted by Gasteiger charge is 2.24. The Morgan fingerprint density at radius 3 is 2.74 bits per heavy atom. The lowest BCUT2D eigenvalue weighted by atomic mass is 9.92. The molecule has 1 saturated carbocycles. The summed E-state index contributed by atoms with van der Waals surface area (Å²) >= 11 is 2.22. The number of aromatic nitrogens is 2. The highest BCUT2D eigenvalue weighted by Crippen LogP contribution is 2.22. The van der Waals surface area contributed by atoms with Crippen LogP contribution in [0, 0.1) is 3.57 Å². The molecule has 0 radical (unpaired) electrons. The molecular weight excluding hydrogens is 405 g/mol. The second-order valence-electron chi connectivity index (χ2n) is 5.62. The van der Waals surface area contributed by atoms with Crippen LogP contribution in [0.5, 0.6) is 5.88 Å². The molecule has 2 aromatic rings. The second-order valence-corrected chi connectivity index (χ2v) is 6.86. The Hall–Kier alpha value is -1.70. The van der Waals surface area contributed by atoms with Crippen molar-refractivity contribution >= 4 is 28.5 Å². The van der Waals surface area contributed by atoms with Crippen molar-refractivity contribution in [2.45, 2.75) is 37.8 Å². The average molecular weight is 423 g/mol. The van der Waals surface area contributed by atoms with E-state index >= 15 is 0 Å². The van der Waals surface area contributed by atoms with Gasteiger partial charge in [0.2, 0.25) is 5.88 Å². The van der Waals surface area contributed by atoms with E-state index < -0.39 is 0 Å². The lowest BCUT2D eigenvalue weighted by Gasteiger charge is -2.29. The molecule has 0 spiro atoms. The fourth-order valence-electron chi connectivity index (χ4n) is 2.74. The standard InChI is InChI=1S/C17H18IN3O2/c18-13-3-1-2-12(10-13)17(22)21-14-4-6-15(7-5-14)23-16-11-19-8-9-20-16/h1-3,8-11,14-15H,4-7H2,(H,21,22). The van der Waals surface area contributed by atoms with Crippen LogP contribution in [-0.4, -0.2) is 28.0 Å². The number of carbonyl (C=O) groups excluding carboxylic acids is 1. The lowest BCUT2D eigenvalue weighted by Crippen LogP contribution is -2.39. The Labute approximate surface area is 149 Å². The van der Waals surface area contributed by atoms with Crippen molar-refractivity contribution in [3.63, 3.8) is 0 Å². The topological polar surface area (TPSA) is 64.1 Å². The third-order valence-corrected chi connectivity index (χ3v) is 4.59. The highest BCUT2D eigenvalue weighted by atomic mass is 127. The van der Waals surface area contributed by atoms with Crippen LogP contribution in [-0.2, 0) is 0 Å². The number of amides is 1. The molecule has 1 heterocycles. The average Bonchev–Trinajstić information content (AvgIpc) is 2.57. The molecule has 3 rings (SSSR count). The Morgan fingerprint density at radius 1 is 1.22 bits per heavy atom. The van der Waals surface area contributed by atoms with E-state index in [0.29, 0.717) is 5.88 Å². The summed E-state index contributed by atoms with van der Waals surface area (Å²) < 4.78 is 6.89. The van der Waals surface area contributed by atoms with E-state index in [2.05, 4.69) is 37.9 Å². The van der Waals surface area contributed by atoms with Crippen molar-refractivity contribution in [1.29, 1.82) is 0 Å². The van der Waals surface area contributed by atoms with Crippen LogP contribution in [0.3, 0.4) is 0 Å². The maximum absolute atomic E-state index is 12.3. The van der Waals surface area contributed by atoms with E-state index in [-0.39, 0.29) is 18.1 Å². The summed E-state index contributed by atoms with van der Waals surface area (Å²) in [5.41, 5.74) is 0.717. The van der Waals surface area contributed by atoms with Crippen molar-refractivity contribution in [2.24, 2.45) is 0 Å². The molecule has 1 aromatic heterocycles. The Bertz CT molecular complexity index is 658. The minimum absolute atomic E-state index is 0.00168. The zero-order valence-electron chi connectivity index (χ0n) is 12.6. The molecular formula is C17H18IN3O2. The quantitative estimate of drug-likeness (QED) is 0.768. The van der Waals surface area contributed by atoms with Crippen LogP contribution in [0.4, 0.5) is 0 Å². The predicted octanol–water partition coefficient (Wildman–Crippen LogP) is 3.20. The molecule has 0 bridgehead atoms. The molecule has 1 aliphatic rings. The van der Waals surface area contributed by atoms with Gasteiger partial charge in [0.15, 0.2) is 0 Å². The van der Waals surface area contributed by atoms with Crippen molar-refractivity contribution < 1.29 is 9.53 Å². The zero-order valence-corrected chi connectivity index (χ0v) is 14.8. The summed E-state index contributed by atoms with van der Waals surface area (Å²) in [6, 6.07) is 7.84. The number of halogens is 1. The number of carbonyl (C=O) groups is 1. The van der Waals surface area contributed by atoms with Gasteiger partial charge in [-0.05, 0) is 66.5 Å². The summed E-state index contributed by atoms with van der Waals surface area (Å²) in [5.74, 6) is 0.570. The third-order valence-electron chi connectivity index (χ3n) is 3.92. The van der Waals surface area contributed by atoms with Crippen molar-refractivity contribution in [3.8, 4) is 5.88 Å². The van der Waals surface area contributed by atoms with E-state index in [0.717, 1.165) is 34.8 Å². The summed E-state index contributed by atoms with van der Waals surface area (Å²) in [7, 11) is 0. The lowest BCUT2D eigenvalue weighted by molar-refractivity contribution is 0.0889. The number of rotatable bonds is 4. The van der Waals surface area contributed by atoms with E-state index in [1.165, 1.54) is 0 Å². The normalized spacial score (nSPS) is 20.7. The first-order valence-electron chi connectivity index (χ1n) is 7.70. The number of benzene rings is 1. The number of hydrogen-bond acceptors (Lipinski definition) is 4. The van der Waals surface area contributed by atoms with Crippen LogP contribution in [0.1, 0.15) is 36.0 Å². The second kappa shape index (κ2) is 7.72. The van der Waals surface area contributed by atoms with Gasteiger partial charge in [0.05, 0.1) is 6.20 Å². The number of nitrogens with one attached hydrogen (secondary N) is 1. The monoisotopic (exact) mass is 423 g/mol. The van der Waals surface area contributed by atoms with Crippen molar-refractivity contribution in [1.82, 2.24) is 15.3 Å². The van der Waals surface area contributed by atoms with Gasteiger partial charge in [-0.2, -0.15) is 0 Å². The first-order valence-corrected chi connectivity index (χ1v) is 8.77. The van der Waals surface area contributed by atoms with E-state index in [4.69, 9.17) is 4.74 Å². The maximum Gasteiger partial charge on any atom is 0.251 e. The molecule has 1 amide bonds. The van der Waals surface area contributed by atoms with Gasteiger partial charge in [-0.1, -0.05) is 6.07 Å². The first-order chi connectivity index (χ1) is 11.2. The molecule has 1 fully saturated rings. The van der Waals surface area contributed by atoms with Crippen LogP contribution >= 0.6 is 22.6 Å². The number of nitrogens with zero attached hydrogens (tertiary/aromatic N) is 2. The summed E-state index contributed by atoms with van der Waals surface area (Å²) in [5, 5.41) is 3.12. The molecule has 1 aromatic carbocycles. The van der Waals surface area contributed by atoms with Gasteiger partial charge in [0.25, 0.3) is 5.91 Å². The minimum Gasteiger partial charge on any atom is -0.473 e. The maximum atomic E-state index is 12.3. The molecule has 120 valence electrons. The van der Waals surface area contributed by atoms with Crippen LogP contribution in [0.25, 0.3) is 0 Å². The molecule has 23 heavy (non-hydrogen) atoms.